The zero-order chi connectivity index (χ0) is 25.9. The van der Waals surface area contributed by atoms with Crippen molar-refractivity contribution < 1.29 is 18.7 Å². The van der Waals surface area contributed by atoms with Gasteiger partial charge in [0.15, 0.2) is 6.61 Å². The van der Waals surface area contributed by atoms with Gasteiger partial charge in [-0.3, -0.25) is 9.59 Å². The van der Waals surface area contributed by atoms with Crippen LogP contribution in [0.25, 0.3) is 0 Å². The lowest BCUT2D eigenvalue weighted by atomic mass is 10.0. The summed E-state index contributed by atoms with van der Waals surface area (Å²) in [5.41, 5.74) is 1.44. The summed E-state index contributed by atoms with van der Waals surface area (Å²) in [5.74, 6) is -0.768. The molecule has 0 unspecified atom stereocenters. The van der Waals surface area contributed by atoms with Crippen molar-refractivity contribution in [2.45, 2.75) is 38.8 Å². The number of carbonyl (C=O) groups is 2. The molecule has 3 aromatic rings. The van der Waals surface area contributed by atoms with Crippen LogP contribution >= 0.6 is 23.2 Å². The Morgan fingerprint density at radius 1 is 0.972 bits per heavy atom. The molecule has 0 aliphatic carbocycles. The Balaban J connectivity index is 1.92. The van der Waals surface area contributed by atoms with E-state index in [-0.39, 0.29) is 19.1 Å². The third kappa shape index (κ3) is 7.97. The van der Waals surface area contributed by atoms with E-state index in [4.69, 9.17) is 27.9 Å². The summed E-state index contributed by atoms with van der Waals surface area (Å²) in [7, 11) is 0. The average Bonchev–Trinajstić information content (AvgIpc) is 2.88. The zero-order valence-corrected chi connectivity index (χ0v) is 21.6. The first-order valence-corrected chi connectivity index (χ1v) is 12.6. The molecule has 0 aromatic heterocycles. The van der Waals surface area contributed by atoms with E-state index in [9.17, 15) is 14.0 Å². The molecule has 3 aromatic carbocycles. The van der Waals surface area contributed by atoms with Crippen molar-refractivity contribution in [2.24, 2.45) is 0 Å². The van der Waals surface area contributed by atoms with E-state index >= 15 is 0 Å². The molecular weight excluding hydrogens is 502 g/mol. The molecule has 8 heteroatoms. The van der Waals surface area contributed by atoms with Crippen LogP contribution in [0.1, 0.15) is 30.9 Å². The van der Waals surface area contributed by atoms with Crippen LogP contribution in [-0.2, 0) is 22.6 Å². The molecule has 0 saturated carbocycles. The van der Waals surface area contributed by atoms with Crippen molar-refractivity contribution in [2.75, 3.05) is 13.2 Å². The topological polar surface area (TPSA) is 58.6 Å². The maximum absolute atomic E-state index is 13.5. The summed E-state index contributed by atoms with van der Waals surface area (Å²) in [6.07, 6.45) is 2.04. The number of hydrogen-bond donors (Lipinski definition) is 1. The minimum atomic E-state index is -0.832. The van der Waals surface area contributed by atoms with Crippen molar-refractivity contribution in [3.8, 4) is 5.75 Å². The molecule has 0 aliphatic rings. The van der Waals surface area contributed by atoms with Gasteiger partial charge in [-0.25, -0.2) is 4.39 Å². The van der Waals surface area contributed by atoms with Crippen LogP contribution in [-0.4, -0.2) is 35.9 Å². The Morgan fingerprint density at radius 2 is 1.64 bits per heavy atom. The number of nitrogens with zero attached hydrogens (tertiary/aromatic N) is 1. The maximum Gasteiger partial charge on any atom is 0.261 e. The third-order valence-corrected chi connectivity index (χ3v) is 6.37. The van der Waals surface area contributed by atoms with Crippen molar-refractivity contribution in [3.63, 3.8) is 0 Å². The van der Waals surface area contributed by atoms with Crippen molar-refractivity contribution in [1.29, 1.82) is 0 Å². The second-order valence-electron chi connectivity index (χ2n) is 8.31. The fourth-order valence-electron chi connectivity index (χ4n) is 3.67. The van der Waals surface area contributed by atoms with E-state index in [1.807, 2.05) is 37.3 Å². The van der Waals surface area contributed by atoms with Crippen molar-refractivity contribution >= 4 is 35.0 Å². The number of carbonyl (C=O) groups excluding carboxylic acids is 2. The van der Waals surface area contributed by atoms with Gasteiger partial charge < -0.3 is 15.0 Å². The monoisotopic (exact) mass is 530 g/mol. The lowest BCUT2D eigenvalue weighted by Crippen LogP contribution is -2.52. The highest BCUT2D eigenvalue weighted by molar-refractivity contribution is 6.36. The first kappa shape index (κ1) is 27.5. The van der Waals surface area contributed by atoms with Gasteiger partial charge in [0.05, 0.1) is 0 Å². The quantitative estimate of drug-likeness (QED) is 0.289. The lowest BCUT2D eigenvalue weighted by Gasteiger charge is -2.32. The van der Waals surface area contributed by atoms with Crippen LogP contribution in [0, 0.1) is 5.82 Å². The fourth-order valence-corrected chi connectivity index (χ4v) is 4.19. The summed E-state index contributed by atoms with van der Waals surface area (Å²) in [6, 6.07) is 19.1. The lowest BCUT2D eigenvalue weighted by molar-refractivity contribution is -0.142. The number of unbranched alkanes of at least 4 members (excludes halogenated alkanes) is 1. The van der Waals surface area contributed by atoms with E-state index in [2.05, 4.69) is 5.32 Å². The minimum absolute atomic E-state index is 0.0167. The molecule has 36 heavy (non-hydrogen) atoms. The number of nitrogens with one attached hydrogen (secondary N) is 1. The van der Waals surface area contributed by atoms with Gasteiger partial charge in [0.2, 0.25) is 5.91 Å². The smallest absolute Gasteiger partial charge is 0.261 e. The van der Waals surface area contributed by atoms with Crippen LogP contribution in [0.2, 0.25) is 10.0 Å². The van der Waals surface area contributed by atoms with E-state index in [0.717, 1.165) is 18.4 Å². The molecule has 0 saturated heterocycles. The fraction of sp³-hybridized carbons (Fsp3) is 0.286. The molecule has 3 rings (SSSR count). The number of ether oxygens (including phenoxy) is 1. The second kappa shape index (κ2) is 13.9. The number of halogens is 3. The van der Waals surface area contributed by atoms with Crippen molar-refractivity contribution in [1.82, 2.24) is 10.2 Å². The second-order valence-corrected chi connectivity index (χ2v) is 9.13. The van der Waals surface area contributed by atoms with E-state index in [0.29, 0.717) is 34.3 Å². The van der Waals surface area contributed by atoms with E-state index in [1.54, 1.807) is 18.2 Å². The Morgan fingerprint density at radius 3 is 2.28 bits per heavy atom. The Labute approximate surface area is 221 Å². The Bertz CT molecular complexity index is 1120. The molecule has 2 amide bonds. The molecule has 1 atom stereocenters. The van der Waals surface area contributed by atoms with Gasteiger partial charge in [-0.1, -0.05) is 72.9 Å². The molecule has 0 bridgehead atoms. The molecular formula is C28H29Cl2FN2O3. The third-order valence-electron chi connectivity index (χ3n) is 5.67. The van der Waals surface area contributed by atoms with Crippen LogP contribution in [0.5, 0.6) is 5.75 Å². The van der Waals surface area contributed by atoms with Gasteiger partial charge in [0, 0.05) is 35.1 Å². The zero-order valence-electron chi connectivity index (χ0n) is 20.1. The summed E-state index contributed by atoms with van der Waals surface area (Å²) in [5, 5.41) is 3.74. The van der Waals surface area contributed by atoms with Crippen molar-refractivity contribution in [3.05, 3.63) is 99.8 Å². The largest absolute Gasteiger partial charge is 0.484 e. The highest BCUT2D eigenvalue weighted by atomic mass is 35.5. The summed E-state index contributed by atoms with van der Waals surface area (Å²) < 4.78 is 18.9. The minimum Gasteiger partial charge on any atom is -0.484 e. The normalized spacial score (nSPS) is 11.6. The molecule has 0 fully saturated rings. The van der Waals surface area contributed by atoms with E-state index in [1.165, 1.54) is 29.2 Å². The standard InChI is InChI=1S/C28H29Cl2FN2O3/c1-2-3-16-32-28(35)26(17-20-8-5-4-6-9-20)33(18-23-24(29)10-7-11-25(23)30)27(34)19-36-22-14-12-21(31)13-15-22/h4-15,26H,2-3,16-19H2,1H3,(H,32,35)/t26-/m0/s1. The van der Waals surface area contributed by atoms with Gasteiger partial charge in [0.25, 0.3) is 5.91 Å². The number of hydrogen-bond acceptors (Lipinski definition) is 3. The molecule has 0 heterocycles. The maximum atomic E-state index is 13.5. The molecule has 1 N–H and O–H groups in total. The first-order valence-electron chi connectivity index (χ1n) is 11.8. The Hall–Kier alpha value is -3.09. The first-order chi connectivity index (χ1) is 17.4. The molecule has 0 radical (unpaired) electrons. The summed E-state index contributed by atoms with van der Waals surface area (Å²) >= 11 is 12.8. The average molecular weight is 531 g/mol. The highest BCUT2D eigenvalue weighted by Crippen LogP contribution is 2.27. The van der Waals surface area contributed by atoms with Gasteiger partial charge in [-0.2, -0.15) is 0 Å². The van der Waals surface area contributed by atoms with Crippen LogP contribution in [0.15, 0.2) is 72.8 Å². The number of benzene rings is 3. The molecule has 0 spiro atoms. The van der Waals surface area contributed by atoms with Crippen LogP contribution in [0.3, 0.4) is 0 Å². The molecule has 0 aliphatic heterocycles. The summed E-state index contributed by atoms with van der Waals surface area (Å²) in [6.45, 7) is 2.21. The van der Waals surface area contributed by atoms with Crippen LogP contribution in [0.4, 0.5) is 4.39 Å². The summed E-state index contributed by atoms with van der Waals surface area (Å²) in [4.78, 5) is 28.4. The highest BCUT2D eigenvalue weighted by Gasteiger charge is 2.31. The molecule has 5 nitrogen and oxygen atoms in total. The predicted molar refractivity (Wildman–Crippen MR) is 141 cm³/mol. The predicted octanol–water partition coefficient (Wildman–Crippen LogP) is 6.07. The Kier molecular flexibility index (Phi) is 10.6. The van der Waals surface area contributed by atoms with Gasteiger partial charge in [-0.05, 0) is 48.4 Å². The molecule has 190 valence electrons. The van der Waals surface area contributed by atoms with Gasteiger partial charge in [0.1, 0.15) is 17.6 Å². The number of amides is 2. The number of rotatable bonds is 12. The van der Waals surface area contributed by atoms with Gasteiger partial charge in [-0.15, -0.1) is 0 Å². The van der Waals surface area contributed by atoms with Crippen LogP contribution < -0.4 is 10.1 Å². The SMILES string of the molecule is CCCCNC(=O)[C@H](Cc1ccccc1)N(Cc1c(Cl)cccc1Cl)C(=O)COc1ccc(F)cc1. The van der Waals surface area contributed by atoms with Gasteiger partial charge >= 0.3 is 0 Å². The van der Waals surface area contributed by atoms with E-state index < -0.39 is 17.8 Å².